The summed E-state index contributed by atoms with van der Waals surface area (Å²) in [6, 6.07) is 48.2. The molecule has 0 aromatic heterocycles. The largest absolute Gasteiger partial charge is 0.497 e. The summed E-state index contributed by atoms with van der Waals surface area (Å²) < 4.78 is 5.48. The molecule has 8 heteroatoms. The molecule has 2 amide bonds. The summed E-state index contributed by atoms with van der Waals surface area (Å²) in [5, 5.41) is 21.4. The number of aliphatic hydroxyl groups is 1. The Hall–Kier alpha value is -5.80. The first-order valence-corrected chi connectivity index (χ1v) is 18.4. The number of anilines is 1. The zero-order valence-electron chi connectivity index (χ0n) is 30.6. The van der Waals surface area contributed by atoms with E-state index in [1.54, 1.807) is 31.4 Å². The number of carbonyl (C=O) groups is 2. The van der Waals surface area contributed by atoms with Gasteiger partial charge in [0.2, 0.25) is 11.8 Å². The summed E-state index contributed by atoms with van der Waals surface area (Å²) in [6.45, 7) is 0.533. The molecule has 6 aromatic carbocycles. The van der Waals surface area contributed by atoms with Crippen molar-refractivity contribution in [1.82, 2.24) is 10.6 Å². The number of nitrogens with two attached hydrogens (primary N) is 1. The smallest absolute Gasteiger partial charge is 0.246 e. The number of hydrogen-bond donors (Lipinski definition) is 5. The number of nitrogens with one attached hydrogen (secondary N) is 3. The van der Waals surface area contributed by atoms with E-state index in [0.29, 0.717) is 31.5 Å². The van der Waals surface area contributed by atoms with Gasteiger partial charge in [0.25, 0.3) is 0 Å². The van der Waals surface area contributed by atoms with Crippen LogP contribution in [0.25, 0.3) is 10.8 Å². The molecule has 0 heterocycles. The quantitative estimate of drug-likeness (QED) is 0.0507. The fraction of sp³-hybridized carbons (Fsp3) is 0.217. The Morgan fingerprint density at radius 2 is 1.31 bits per heavy atom. The number of methoxy groups -OCH3 is 1. The Morgan fingerprint density at radius 3 is 1.96 bits per heavy atom. The van der Waals surface area contributed by atoms with Crippen LogP contribution in [0.3, 0.4) is 0 Å². The number of fused-ring (bicyclic) bond motifs is 1. The van der Waals surface area contributed by atoms with Gasteiger partial charge in [-0.2, -0.15) is 0 Å². The fourth-order valence-electron chi connectivity index (χ4n) is 7.04. The van der Waals surface area contributed by atoms with Gasteiger partial charge >= 0.3 is 0 Å². The first kappa shape index (κ1) is 37.9. The van der Waals surface area contributed by atoms with Gasteiger partial charge < -0.3 is 26.2 Å². The lowest BCUT2D eigenvalue weighted by Crippen LogP contribution is -2.50. The molecule has 0 radical (unpaired) electrons. The molecule has 0 fully saturated rings. The predicted molar refractivity (Wildman–Crippen MR) is 216 cm³/mol. The third-order valence-electron chi connectivity index (χ3n) is 9.94. The molecule has 0 bridgehead atoms. The lowest BCUT2D eigenvalue weighted by atomic mass is 9.77. The van der Waals surface area contributed by atoms with Crippen molar-refractivity contribution in [3.8, 4) is 5.75 Å². The topological polar surface area (TPSA) is 126 Å². The molecule has 0 aliphatic rings. The lowest BCUT2D eigenvalue weighted by molar-refractivity contribution is -0.127. The van der Waals surface area contributed by atoms with Crippen LogP contribution in [0.1, 0.15) is 47.1 Å². The van der Waals surface area contributed by atoms with Gasteiger partial charge in [-0.3, -0.25) is 14.9 Å². The van der Waals surface area contributed by atoms with Crippen LogP contribution in [-0.4, -0.2) is 42.7 Å². The Labute approximate surface area is 317 Å². The summed E-state index contributed by atoms with van der Waals surface area (Å²) in [5.74, 6) is 0.0661. The second-order valence-electron chi connectivity index (χ2n) is 13.5. The predicted octanol–water partition coefficient (Wildman–Crippen LogP) is 7.09. The first-order chi connectivity index (χ1) is 26.4. The van der Waals surface area contributed by atoms with Crippen molar-refractivity contribution in [2.24, 2.45) is 5.73 Å². The highest BCUT2D eigenvalue weighted by atomic mass is 16.5. The highest BCUT2D eigenvalue weighted by Crippen LogP contribution is 2.37. The van der Waals surface area contributed by atoms with E-state index >= 15 is 0 Å². The maximum atomic E-state index is 13.7. The molecule has 0 saturated carbocycles. The Morgan fingerprint density at radius 1 is 0.704 bits per heavy atom. The number of hydrogen-bond acceptors (Lipinski definition) is 6. The number of unbranched alkanes of at least 4 members (excludes halogenated alkanes) is 1. The number of aliphatic hydroxyl groups excluding tert-OH is 1. The van der Waals surface area contributed by atoms with Crippen molar-refractivity contribution in [1.29, 1.82) is 0 Å². The summed E-state index contributed by atoms with van der Waals surface area (Å²) in [6.07, 6.45) is 2.11. The second-order valence-corrected chi connectivity index (χ2v) is 13.5. The van der Waals surface area contributed by atoms with Gasteiger partial charge in [-0.1, -0.05) is 127 Å². The number of ether oxygens (including phenoxy) is 1. The van der Waals surface area contributed by atoms with Gasteiger partial charge in [-0.05, 0) is 95.1 Å². The average molecular weight is 721 g/mol. The van der Waals surface area contributed by atoms with Crippen LogP contribution in [0.2, 0.25) is 0 Å². The van der Waals surface area contributed by atoms with Gasteiger partial charge in [0, 0.05) is 5.69 Å². The minimum absolute atomic E-state index is 0.0934. The van der Waals surface area contributed by atoms with E-state index in [1.807, 2.05) is 91.0 Å². The molecule has 54 heavy (non-hydrogen) atoms. The Bertz CT molecular complexity index is 2060. The van der Waals surface area contributed by atoms with E-state index in [4.69, 9.17) is 10.5 Å². The van der Waals surface area contributed by atoms with Crippen LogP contribution in [0.4, 0.5) is 5.69 Å². The standard InChI is InChI=1S/C46H48N4O4/c1-54-40-28-24-38(25-29-40)46(36-16-4-2-5-17-36,37-18-6-3-7-19-37)48-30-11-10-21-43(45(53)49-39-26-22-33(32-51)23-27-39)50-44(52)42(47)31-35-15-12-14-34-13-8-9-20-41(34)35/h2-9,12-20,22-29,42-43,48,51H,10-11,21,30-32,47H2,1H3,(H,49,53)(H,50,52)/t42-,43-/m0/s1. The van der Waals surface area contributed by atoms with E-state index in [2.05, 4.69) is 52.3 Å². The van der Waals surface area contributed by atoms with Gasteiger partial charge in [-0.25, -0.2) is 0 Å². The van der Waals surface area contributed by atoms with E-state index in [0.717, 1.165) is 50.8 Å². The number of benzene rings is 6. The van der Waals surface area contributed by atoms with Crippen molar-refractivity contribution < 1.29 is 19.4 Å². The van der Waals surface area contributed by atoms with Crippen molar-refractivity contribution in [3.05, 3.63) is 179 Å². The first-order valence-electron chi connectivity index (χ1n) is 18.4. The average Bonchev–Trinajstić information content (AvgIpc) is 3.22. The second kappa shape index (κ2) is 18.3. The summed E-state index contributed by atoms with van der Waals surface area (Å²) in [7, 11) is 1.66. The lowest BCUT2D eigenvalue weighted by Gasteiger charge is -2.37. The van der Waals surface area contributed by atoms with Crippen LogP contribution >= 0.6 is 0 Å². The van der Waals surface area contributed by atoms with Gasteiger partial charge in [0.1, 0.15) is 11.8 Å². The molecule has 0 spiro atoms. The molecule has 0 saturated heterocycles. The summed E-state index contributed by atoms with van der Waals surface area (Å²) >= 11 is 0. The number of carbonyl (C=O) groups excluding carboxylic acids is 2. The van der Waals surface area contributed by atoms with E-state index in [9.17, 15) is 14.7 Å². The van der Waals surface area contributed by atoms with E-state index in [-0.39, 0.29) is 18.4 Å². The molecule has 6 N–H and O–H groups in total. The monoisotopic (exact) mass is 720 g/mol. The van der Waals surface area contributed by atoms with Crippen LogP contribution in [-0.2, 0) is 28.2 Å². The third-order valence-corrected chi connectivity index (χ3v) is 9.94. The Balaban J connectivity index is 1.18. The van der Waals surface area contributed by atoms with Crippen LogP contribution in [0.15, 0.2) is 152 Å². The maximum Gasteiger partial charge on any atom is 0.246 e. The van der Waals surface area contributed by atoms with Crippen LogP contribution < -0.4 is 26.4 Å². The molecule has 6 aromatic rings. The molecule has 0 aliphatic heterocycles. The molecule has 6 rings (SSSR count). The van der Waals surface area contributed by atoms with Crippen molar-refractivity contribution in [3.63, 3.8) is 0 Å². The zero-order chi connectivity index (χ0) is 37.8. The van der Waals surface area contributed by atoms with Gasteiger partial charge in [0.15, 0.2) is 0 Å². The molecule has 276 valence electrons. The molecule has 2 atom stereocenters. The van der Waals surface area contributed by atoms with Gasteiger partial charge in [0.05, 0.1) is 25.3 Å². The molecule has 8 nitrogen and oxygen atoms in total. The molecular weight excluding hydrogens is 673 g/mol. The van der Waals surface area contributed by atoms with Crippen LogP contribution in [0, 0.1) is 0 Å². The molecule has 0 unspecified atom stereocenters. The molecule has 0 aliphatic carbocycles. The summed E-state index contributed by atoms with van der Waals surface area (Å²) in [4.78, 5) is 27.4. The maximum absolute atomic E-state index is 13.7. The highest BCUT2D eigenvalue weighted by molar-refractivity contribution is 5.98. The SMILES string of the molecule is COc1ccc(C(NCCCC[C@H](NC(=O)[C@@H](N)Cc2cccc3ccccc23)C(=O)Nc2ccc(CO)cc2)(c2ccccc2)c2ccccc2)cc1. The van der Waals surface area contributed by atoms with E-state index < -0.39 is 17.6 Å². The minimum Gasteiger partial charge on any atom is -0.497 e. The molecular formula is C46H48N4O4. The number of rotatable bonds is 17. The van der Waals surface area contributed by atoms with E-state index in [1.165, 1.54) is 0 Å². The summed E-state index contributed by atoms with van der Waals surface area (Å²) in [5.41, 5.74) is 11.4. The van der Waals surface area contributed by atoms with Gasteiger partial charge in [-0.15, -0.1) is 0 Å². The fourth-order valence-corrected chi connectivity index (χ4v) is 7.04. The number of amides is 2. The third kappa shape index (κ3) is 9.04. The van der Waals surface area contributed by atoms with Crippen LogP contribution in [0.5, 0.6) is 5.75 Å². The van der Waals surface area contributed by atoms with Crippen molar-refractivity contribution in [2.75, 3.05) is 19.0 Å². The highest BCUT2D eigenvalue weighted by Gasteiger charge is 2.36. The Kier molecular flexibility index (Phi) is 12.9. The normalized spacial score (nSPS) is 12.5. The minimum atomic E-state index is -0.849. The van der Waals surface area contributed by atoms with Crippen molar-refractivity contribution >= 4 is 28.3 Å². The zero-order valence-corrected chi connectivity index (χ0v) is 30.6. The van der Waals surface area contributed by atoms with Crippen molar-refractivity contribution in [2.45, 2.75) is 49.9 Å².